The van der Waals surface area contributed by atoms with E-state index in [1.54, 1.807) is 12.1 Å². The maximum atomic E-state index is 10.0. The Bertz CT molecular complexity index is 1460. The van der Waals surface area contributed by atoms with E-state index in [2.05, 4.69) is 61.2 Å². The number of hydrogen-bond acceptors (Lipinski definition) is 6. The number of hydrogen-bond donors (Lipinski definition) is 4. The topological polar surface area (TPSA) is 99.4 Å². The zero-order valence-electron chi connectivity index (χ0n) is 31.2. The summed E-state index contributed by atoms with van der Waals surface area (Å²) < 4.78 is 12.1. The molecule has 6 nitrogen and oxygen atoms in total. The maximum absolute atomic E-state index is 10.0. The first kappa shape index (κ1) is 43.6. The fourth-order valence-electron chi connectivity index (χ4n) is 5.60. The van der Waals surface area contributed by atoms with Crippen molar-refractivity contribution in [3.8, 4) is 47.4 Å². The smallest absolute Gasteiger partial charge is 0.163 e. The van der Waals surface area contributed by atoms with E-state index >= 15 is 0 Å². The molecule has 0 radical (unpaired) electrons. The van der Waals surface area contributed by atoms with Crippen molar-refractivity contribution in [2.24, 2.45) is 0 Å². The van der Waals surface area contributed by atoms with Gasteiger partial charge in [-0.2, -0.15) is 0 Å². The average Bonchev–Trinajstić information content (AvgIpc) is 3.44. The van der Waals surface area contributed by atoms with E-state index in [9.17, 15) is 20.4 Å². The minimum absolute atomic E-state index is 0.0143. The summed E-state index contributed by atoms with van der Waals surface area (Å²) in [6, 6.07) is 18.5. The lowest BCUT2D eigenvalue weighted by Crippen LogP contribution is -2.25. The molecule has 1 saturated heterocycles. The van der Waals surface area contributed by atoms with Crippen molar-refractivity contribution in [3.63, 3.8) is 0 Å². The van der Waals surface area contributed by atoms with Crippen LogP contribution in [0.25, 0.3) is 0 Å². The Balaban J connectivity index is 0.000000356. The highest BCUT2D eigenvalue weighted by molar-refractivity contribution is 5.33. The van der Waals surface area contributed by atoms with Crippen LogP contribution in [0.3, 0.4) is 0 Å². The quantitative estimate of drug-likeness (QED) is 0.0984. The third-order valence-electron chi connectivity index (χ3n) is 8.49. The molecule has 276 valence electrons. The number of aliphatic hydroxyl groups is 4. The Morgan fingerprint density at radius 1 is 0.588 bits per heavy atom. The molecule has 0 saturated carbocycles. The number of aliphatic hydroxyl groups excluding tert-OH is 4. The molecule has 1 heterocycles. The molecule has 0 spiro atoms. The zero-order chi connectivity index (χ0) is 37.2. The second kappa shape index (κ2) is 26.2. The summed E-state index contributed by atoms with van der Waals surface area (Å²) >= 11 is 0. The van der Waals surface area contributed by atoms with Gasteiger partial charge >= 0.3 is 0 Å². The van der Waals surface area contributed by atoms with Crippen LogP contribution in [-0.2, 0) is 9.47 Å². The average molecular weight is 697 g/mol. The molecule has 6 heteroatoms. The van der Waals surface area contributed by atoms with Crippen LogP contribution in [0.15, 0.2) is 60.7 Å². The van der Waals surface area contributed by atoms with Crippen molar-refractivity contribution in [3.05, 3.63) is 71.8 Å². The Morgan fingerprint density at radius 3 is 1.63 bits per heavy atom. The van der Waals surface area contributed by atoms with E-state index in [0.717, 1.165) is 36.8 Å². The van der Waals surface area contributed by atoms with Gasteiger partial charge < -0.3 is 29.9 Å². The molecule has 1 aliphatic heterocycles. The molecule has 51 heavy (non-hydrogen) atoms. The molecule has 3 rings (SSSR count). The van der Waals surface area contributed by atoms with E-state index < -0.39 is 30.2 Å². The summed E-state index contributed by atoms with van der Waals surface area (Å²) in [5.41, 5.74) is 1.51. The summed E-state index contributed by atoms with van der Waals surface area (Å²) in [6.45, 7) is 8.31. The lowest BCUT2D eigenvalue weighted by molar-refractivity contribution is -0.146. The largest absolute Gasteiger partial charge is 0.390 e. The van der Waals surface area contributed by atoms with Crippen LogP contribution >= 0.6 is 0 Å². The number of unbranched alkanes of at least 4 members (excludes halogenated alkanes) is 8. The predicted molar refractivity (Wildman–Crippen MR) is 206 cm³/mol. The highest BCUT2D eigenvalue weighted by Gasteiger charge is 2.40. The van der Waals surface area contributed by atoms with Crippen LogP contribution in [0.4, 0.5) is 0 Å². The molecule has 0 bridgehead atoms. The Morgan fingerprint density at radius 2 is 1.08 bits per heavy atom. The maximum Gasteiger partial charge on any atom is 0.163 e. The van der Waals surface area contributed by atoms with E-state index in [-0.39, 0.29) is 18.6 Å². The zero-order valence-corrected chi connectivity index (χ0v) is 31.2. The van der Waals surface area contributed by atoms with Gasteiger partial charge in [-0.15, -0.1) is 0 Å². The van der Waals surface area contributed by atoms with Gasteiger partial charge in [0.15, 0.2) is 5.79 Å². The molecule has 0 aromatic heterocycles. The van der Waals surface area contributed by atoms with Crippen LogP contribution in [0.2, 0.25) is 0 Å². The summed E-state index contributed by atoms with van der Waals surface area (Å²) in [5, 5.41) is 39.6. The SMILES string of the molecule is CCCCCCC[C@@H](O)[C@H](O)CC#CC#C[C@H](O)c1ccccc1.CCCCCCC[C@H]1OC(C)(C)O[C@@H]1CC#CC#C[C@H](O)c1ccccc1. The van der Waals surface area contributed by atoms with Crippen LogP contribution in [-0.4, -0.2) is 50.6 Å². The van der Waals surface area contributed by atoms with Gasteiger partial charge in [0, 0.05) is 12.8 Å². The van der Waals surface area contributed by atoms with Crippen molar-refractivity contribution >= 4 is 0 Å². The van der Waals surface area contributed by atoms with Crippen molar-refractivity contribution < 1.29 is 29.9 Å². The minimum atomic E-state index is -0.862. The molecule has 1 aliphatic rings. The second-order valence-electron chi connectivity index (χ2n) is 13.4. The summed E-state index contributed by atoms with van der Waals surface area (Å²) in [6.07, 6.45) is 11.1. The van der Waals surface area contributed by atoms with Crippen molar-refractivity contribution in [2.75, 3.05) is 0 Å². The number of ether oxygens (including phenoxy) is 2. The molecular weight excluding hydrogens is 636 g/mol. The van der Waals surface area contributed by atoms with Crippen LogP contribution < -0.4 is 0 Å². The molecule has 0 amide bonds. The molecule has 2 aromatic rings. The predicted octanol–water partition coefficient (Wildman–Crippen LogP) is 8.20. The molecule has 6 atom stereocenters. The van der Waals surface area contributed by atoms with Crippen molar-refractivity contribution in [1.29, 1.82) is 0 Å². The van der Waals surface area contributed by atoms with Gasteiger partial charge in [-0.25, -0.2) is 0 Å². The van der Waals surface area contributed by atoms with Crippen molar-refractivity contribution in [2.45, 2.75) is 160 Å². The van der Waals surface area contributed by atoms with Gasteiger partial charge in [-0.05, 0) is 61.5 Å². The molecule has 4 N–H and O–H groups in total. The lowest BCUT2D eigenvalue weighted by Gasteiger charge is -2.16. The van der Waals surface area contributed by atoms with Gasteiger partial charge in [0.05, 0.1) is 24.4 Å². The normalized spacial score (nSPS) is 18.0. The molecule has 0 aliphatic carbocycles. The van der Waals surface area contributed by atoms with Gasteiger partial charge in [0.2, 0.25) is 0 Å². The van der Waals surface area contributed by atoms with E-state index in [4.69, 9.17) is 9.47 Å². The summed E-state index contributed by atoms with van der Waals surface area (Å²) in [7, 11) is 0. The minimum Gasteiger partial charge on any atom is -0.390 e. The Kier molecular flexibility index (Phi) is 22.4. The monoisotopic (exact) mass is 696 g/mol. The van der Waals surface area contributed by atoms with E-state index in [1.807, 2.05) is 62.4 Å². The van der Waals surface area contributed by atoms with E-state index in [0.29, 0.717) is 12.8 Å². The number of rotatable bonds is 17. The van der Waals surface area contributed by atoms with Crippen LogP contribution in [0.1, 0.15) is 141 Å². The van der Waals surface area contributed by atoms with Crippen LogP contribution in [0.5, 0.6) is 0 Å². The van der Waals surface area contributed by atoms with Crippen molar-refractivity contribution in [1.82, 2.24) is 0 Å². The molecular formula is C45H60O6. The highest BCUT2D eigenvalue weighted by atomic mass is 16.7. The van der Waals surface area contributed by atoms with Gasteiger partial charge in [-0.3, -0.25) is 0 Å². The first-order valence-electron chi connectivity index (χ1n) is 18.8. The standard InChI is InChI=1S/C24H32O3.C21H28O3/c1-4-5-6-7-13-18-22-23(27-24(2,3)26-22)19-14-9-12-17-21(25)20-15-10-8-11-16-20;1-2-3-4-5-10-16-20(23)21(24)17-12-7-11-15-19(22)18-13-8-6-9-14-18/h8,10-11,15-16,21-23,25H,4-7,13,18-19H2,1-3H3;6,8-9,13-14,19-24H,2-5,10,16-17H2,1H3/t21-,22+,23+;19-,20+,21+/m00/s1. The Hall–Kier alpha value is -3.56. The molecule has 0 unspecified atom stereocenters. The second-order valence-corrected chi connectivity index (χ2v) is 13.4. The third kappa shape index (κ3) is 19.6. The fraction of sp³-hybridized carbons (Fsp3) is 0.556. The van der Waals surface area contributed by atoms with Gasteiger partial charge in [-0.1, -0.05) is 162 Å². The Labute approximate surface area is 308 Å². The highest BCUT2D eigenvalue weighted by Crippen LogP contribution is 2.32. The van der Waals surface area contributed by atoms with Crippen LogP contribution in [0, 0.1) is 47.4 Å². The van der Waals surface area contributed by atoms with Gasteiger partial charge in [0.25, 0.3) is 0 Å². The third-order valence-corrected chi connectivity index (χ3v) is 8.49. The first-order valence-corrected chi connectivity index (χ1v) is 18.8. The summed E-state index contributed by atoms with van der Waals surface area (Å²) in [5.74, 6) is 21.5. The van der Waals surface area contributed by atoms with Gasteiger partial charge in [0.1, 0.15) is 12.2 Å². The molecule has 2 aromatic carbocycles. The van der Waals surface area contributed by atoms with E-state index in [1.165, 1.54) is 44.9 Å². The number of benzene rings is 2. The summed E-state index contributed by atoms with van der Waals surface area (Å²) in [4.78, 5) is 0. The first-order chi connectivity index (χ1) is 24.7. The lowest BCUT2D eigenvalue weighted by atomic mass is 10.0. The molecule has 1 fully saturated rings. The fourth-order valence-corrected chi connectivity index (χ4v) is 5.60.